The summed E-state index contributed by atoms with van der Waals surface area (Å²) in [5, 5.41) is 20.9. The molecule has 3 amide bonds. The average Bonchev–Trinajstić information content (AvgIpc) is 2.82. The lowest BCUT2D eigenvalue weighted by Crippen LogP contribution is -2.61. The minimum atomic E-state index is -1.15. The van der Waals surface area contributed by atoms with Crippen molar-refractivity contribution in [2.75, 3.05) is 13.2 Å². The van der Waals surface area contributed by atoms with Gasteiger partial charge >= 0.3 is 0 Å². The first-order chi connectivity index (χ1) is 16.2. The lowest BCUT2D eigenvalue weighted by atomic mass is 10.1. The molecule has 0 aliphatic carbocycles. The fraction of sp³-hybridized carbons (Fsp3) is 0.560. The minimum Gasteiger partial charge on any atom is -0.396 e. The smallest absolute Gasteiger partial charge is 0.268 e. The molecule has 1 aromatic carbocycles. The maximum atomic E-state index is 13.4. The van der Waals surface area contributed by atoms with E-state index in [2.05, 4.69) is 0 Å². The zero-order valence-corrected chi connectivity index (χ0v) is 20.5. The van der Waals surface area contributed by atoms with Crippen LogP contribution in [0.5, 0.6) is 0 Å². The van der Waals surface area contributed by atoms with E-state index in [0.717, 1.165) is 10.6 Å². The van der Waals surface area contributed by atoms with Crippen molar-refractivity contribution in [3.8, 4) is 0 Å². The lowest BCUT2D eigenvalue weighted by Gasteiger charge is -2.40. The number of aliphatic hydroxyl groups excluding tert-OH is 1. The summed E-state index contributed by atoms with van der Waals surface area (Å²) in [6.07, 6.45) is 6.04. The van der Waals surface area contributed by atoms with Crippen molar-refractivity contribution in [1.29, 1.82) is 0 Å². The average molecular weight is 477 g/mol. The van der Waals surface area contributed by atoms with Crippen LogP contribution in [-0.4, -0.2) is 63.3 Å². The minimum absolute atomic E-state index is 0.0259. The maximum absolute atomic E-state index is 13.4. The van der Waals surface area contributed by atoms with E-state index in [-0.39, 0.29) is 31.9 Å². The van der Waals surface area contributed by atoms with Crippen molar-refractivity contribution < 1.29 is 24.7 Å². The molecule has 5 N–H and O–H groups in total. The van der Waals surface area contributed by atoms with Crippen LogP contribution in [-0.2, 0) is 14.4 Å². The normalized spacial score (nSPS) is 13.0. The fourth-order valence-corrected chi connectivity index (χ4v) is 3.40. The van der Waals surface area contributed by atoms with E-state index in [0.29, 0.717) is 25.7 Å². The number of aliphatic hydroxyl groups is 1. The maximum Gasteiger partial charge on any atom is 0.268 e. The van der Waals surface area contributed by atoms with Crippen LogP contribution in [0.4, 0.5) is 0 Å². The van der Waals surface area contributed by atoms with Crippen LogP contribution >= 0.6 is 0 Å². The van der Waals surface area contributed by atoms with Crippen molar-refractivity contribution >= 4 is 23.8 Å². The molecular formula is C25H40N4O5. The Balaban J connectivity index is 3.32. The van der Waals surface area contributed by atoms with E-state index < -0.39 is 29.8 Å². The third-order valence-corrected chi connectivity index (χ3v) is 5.30. The molecule has 0 unspecified atom stereocenters. The molecule has 0 aliphatic heterocycles. The largest absolute Gasteiger partial charge is 0.396 e. The third kappa shape index (κ3) is 10.0. The molecule has 34 heavy (non-hydrogen) atoms. The molecule has 0 aliphatic rings. The van der Waals surface area contributed by atoms with Gasteiger partial charge in [-0.05, 0) is 50.5 Å². The molecule has 9 nitrogen and oxygen atoms in total. The zero-order chi connectivity index (χ0) is 25.5. The summed E-state index contributed by atoms with van der Waals surface area (Å²) >= 11 is 0. The van der Waals surface area contributed by atoms with E-state index in [1.54, 1.807) is 11.6 Å². The first-order valence-electron chi connectivity index (χ1n) is 11.9. The molecule has 0 aromatic heterocycles. The number of hydrazine groups is 1. The fourth-order valence-electron chi connectivity index (χ4n) is 3.40. The topological polar surface area (TPSA) is 136 Å². The number of nitrogens with one attached hydrogen (secondary N) is 1. The summed E-state index contributed by atoms with van der Waals surface area (Å²) < 4.78 is 0. The van der Waals surface area contributed by atoms with Gasteiger partial charge in [0.1, 0.15) is 6.04 Å². The molecule has 0 radical (unpaired) electrons. The Labute approximate surface area is 202 Å². The number of hydroxylamine groups is 1. The Morgan fingerprint density at radius 2 is 1.76 bits per heavy atom. The number of nitrogens with zero attached hydrogens (tertiary/aromatic N) is 2. The summed E-state index contributed by atoms with van der Waals surface area (Å²) in [5.74, 6) is -1.44. The Kier molecular flexibility index (Phi) is 13.8. The third-order valence-electron chi connectivity index (χ3n) is 5.30. The van der Waals surface area contributed by atoms with E-state index in [9.17, 15) is 19.6 Å². The molecule has 1 aromatic rings. The van der Waals surface area contributed by atoms with Gasteiger partial charge in [-0.2, -0.15) is 0 Å². The highest BCUT2D eigenvalue weighted by Crippen LogP contribution is 2.18. The predicted octanol–water partition coefficient (Wildman–Crippen LogP) is 2.48. The first-order valence-corrected chi connectivity index (χ1v) is 11.9. The van der Waals surface area contributed by atoms with Gasteiger partial charge in [0.15, 0.2) is 0 Å². The number of hydrogen-bond donors (Lipinski definition) is 4. The van der Waals surface area contributed by atoms with Gasteiger partial charge in [0.05, 0.1) is 6.04 Å². The molecule has 2 atom stereocenters. The summed E-state index contributed by atoms with van der Waals surface area (Å²) in [5.41, 5.74) is 8.44. The molecule has 1 rings (SSSR count). The summed E-state index contributed by atoms with van der Waals surface area (Å²) in [4.78, 5) is 39.1. The van der Waals surface area contributed by atoms with Crippen molar-refractivity contribution in [3.63, 3.8) is 0 Å². The molecule has 0 spiro atoms. The molecule has 0 fully saturated rings. The highest BCUT2D eigenvalue weighted by atomic mass is 16.5. The van der Waals surface area contributed by atoms with Crippen LogP contribution < -0.4 is 11.2 Å². The Morgan fingerprint density at radius 3 is 2.32 bits per heavy atom. The number of amides is 3. The van der Waals surface area contributed by atoms with Gasteiger partial charge in [-0.15, -0.1) is 0 Å². The number of carbonyl (C=O) groups is 3. The van der Waals surface area contributed by atoms with Gasteiger partial charge in [0.2, 0.25) is 5.91 Å². The van der Waals surface area contributed by atoms with Crippen LogP contribution in [0, 0.1) is 5.92 Å². The number of carbonyl (C=O) groups excluding carboxylic acids is 3. The van der Waals surface area contributed by atoms with Crippen LogP contribution in [0.3, 0.4) is 0 Å². The van der Waals surface area contributed by atoms with Gasteiger partial charge in [-0.25, -0.2) is 15.5 Å². The Morgan fingerprint density at radius 1 is 1.09 bits per heavy atom. The highest BCUT2D eigenvalue weighted by molar-refractivity contribution is 5.90. The highest BCUT2D eigenvalue weighted by Gasteiger charge is 2.36. The van der Waals surface area contributed by atoms with Crippen LogP contribution in [0.2, 0.25) is 0 Å². The van der Waals surface area contributed by atoms with Gasteiger partial charge in [-0.3, -0.25) is 19.6 Å². The molecule has 190 valence electrons. The van der Waals surface area contributed by atoms with Crippen molar-refractivity contribution in [1.82, 2.24) is 15.5 Å². The number of benzene rings is 1. The Hall–Kier alpha value is -2.75. The molecule has 0 saturated carbocycles. The number of nitrogens with two attached hydrogens (primary N) is 1. The second-order valence-corrected chi connectivity index (χ2v) is 8.75. The van der Waals surface area contributed by atoms with E-state index >= 15 is 0 Å². The quantitative estimate of drug-likeness (QED) is 0.185. The van der Waals surface area contributed by atoms with Crippen LogP contribution in [0.25, 0.3) is 6.08 Å². The van der Waals surface area contributed by atoms with Gasteiger partial charge in [-0.1, -0.05) is 56.3 Å². The molecule has 0 bridgehead atoms. The Bertz CT molecular complexity index is 783. The second kappa shape index (κ2) is 16.0. The SMILES string of the molecule is CC(C)CCC(=O)N([C@@H](CC=Cc1ccccc1)C(=O)NO)N(CCCCCO)C(=O)[C@@H](C)N. The van der Waals surface area contributed by atoms with Crippen LogP contribution in [0.15, 0.2) is 36.4 Å². The summed E-state index contributed by atoms with van der Waals surface area (Å²) in [6.45, 7) is 5.68. The second-order valence-electron chi connectivity index (χ2n) is 8.75. The molecule has 0 saturated heterocycles. The van der Waals surface area contributed by atoms with Gasteiger partial charge in [0, 0.05) is 19.6 Å². The molecule has 0 heterocycles. The van der Waals surface area contributed by atoms with Gasteiger partial charge in [0.25, 0.3) is 11.8 Å². The number of rotatable bonds is 14. The number of unbranched alkanes of at least 4 members (excludes halogenated alkanes) is 2. The van der Waals surface area contributed by atoms with Crippen molar-refractivity contribution in [2.45, 2.75) is 71.4 Å². The molecular weight excluding hydrogens is 436 g/mol. The van der Waals surface area contributed by atoms with E-state index in [1.165, 1.54) is 11.9 Å². The monoisotopic (exact) mass is 476 g/mol. The number of hydrogen-bond acceptors (Lipinski definition) is 6. The van der Waals surface area contributed by atoms with E-state index in [1.807, 2.05) is 50.3 Å². The van der Waals surface area contributed by atoms with Crippen molar-refractivity contribution in [2.24, 2.45) is 11.7 Å². The summed E-state index contributed by atoms with van der Waals surface area (Å²) in [6, 6.07) is 7.42. The summed E-state index contributed by atoms with van der Waals surface area (Å²) in [7, 11) is 0. The molecule has 9 heteroatoms. The zero-order valence-electron chi connectivity index (χ0n) is 20.5. The lowest BCUT2D eigenvalue weighted by molar-refractivity contribution is -0.174. The standard InChI is InChI=1S/C25H40N4O5/c1-19(2)15-16-23(31)29(28(25(33)20(3)26)17-8-5-9-18-30)22(24(32)27-34)14-10-13-21-11-6-4-7-12-21/h4,6-7,10-13,19-20,22,30,34H,5,8-9,14-18,26H2,1-3H3,(H,27,32)/t20-,22+/m1/s1. The first kappa shape index (κ1) is 29.3. The van der Waals surface area contributed by atoms with E-state index in [4.69, 9.17) is 10.8 Å². The predicted molar refractivity (Wildman–Crippen MR) is 131 cm³/mol. The van der Waals surface area contributed by atoms with Crippen molar-refractivity contribution in [3.05, 3.63) is 42.0 Å². The van der Waals surface area contributed by atoms with Gasteiger partial charge < -0.3 is 10.8 Å². The van der Waals surface area contributed by atoms with Crippen LogP contribution in [0.1, 0.15) is 64.9 Å².